The Morgan fingerprint density at radius 1 is 1.15 bits per heavy atom. The van der Waals surface area contributed by atoms with E-state index in [1.165, 1.54) is 17.5 Å². The van der Waals surface area contributed by atoms with Crippen LogP contribution in [0.2, 0.25) is 0 Å². The molecule has 0 atom stereocenters. The molecular formula is C16H19N3O. The highest BCUT2D eigenvalue weighted by atomic mass is 16.5. The number of hydrogen-bond acceptors (Lipinski definition) is 4. The van der Waals surface area contributed by atoms with E-state index < -0.39 is 0 Å². The summed E-state index contributed by atoms with van der Waals surface area (Å²) in [7, 11) is 1.69. The zero-order valence-electron chi connectivity index (χ0n) is 12.2. The summed E-state index contributed by atoms with van der Waals surface area (Å²) in [6.45, 7) is 6.31. The van der Waals surface area contributed by atoms with Gasteiger partial charge in [-0.15, -0.1) is 0 Å². The molecule has 1 aliphatic rings. The molecule has 3 rings (SSSR count). The number of nitrogens with zero attached hydrogens (tertiary/aromatic N) is 3. The summed E-state index contributed by atoms with van der Waals surface area (Å²) in [5.41, 5.74) is 4.54. The van der Waals surface area contributed by atoms with Crippen LogP contribution in [0.4, 0.5) is 5.82 Å². The molecule has 0 radical (unpaired) electrons. The molecule has 0 aliphatic carbocycles. The minimum Gasteiger partial charge on any atom is -0.497 e. The van der Waals surface area contributed by atoms with Gasteiger partial charge in [0.2, 0.25) is 0 Å². The molecule has 2 heterocycles. The maximum absolute atomic E-state index is 5.28. The lowest BCUT2D eigenvalue weighted by molar-refractivity contribution is 0.414. The van der Waals surface area contributed by atoms with E-state index in [0.29, 0.717) is 0 Å². The van der Waals surface area contributed by atoms with Crippen LogP contribution in [0.3, 0.4) is 0 Å². The van der Waals surface area contributed by atoms with Crippen LogP contribution < -0.4 is 9.64 Å². The van der Waals surface area contributed by atoms with E-state index in [1.54, 1.807) is 13.4 Å². The summed E-state index contributed by atoms with van der Waals surface area (Å²) < 4.78 is 5.28. The average molecular weight is 269 g/mol. The maximum Gasteiger partial charge on any atom is 0.140 e. The van der Waals surface area contributed by atoms with Crippen molar-refractivity contribution in [1.82, 2.24) is 9.97 Å². The van der Waals surface area contributed by atoms with Gasteiger partial charge in [0, 0.05) is 18.7 Å². The van der Waals surface area contributed by atoms with Crippen LogP contribution in [0.1, 0.15) is 17.7 Å². The molecule has 0 spiro atoms. The SMILES string of the molecule is COc1ccc(-c2c(C)ncnc2N2CCC2)c(C)c1. The van der Waals surface area contributed by atoms with Crippen LogP contribution in [-0.2, 0) is 0 Å². The lowest BCUT2D eigenvalue weighted by Crippen LogP contribution is -2.38. The maximum atomic E-state index is 5.28. The van der Waals surface area contributed by atoms with Crippen LogP contribution in [0.25, 0.3) is 11.1 Å². The van der Waals surface area contributed by atoms with E-state index in [1.807, 2.05) is 13.0 Å². The Labute approximate surface area is 119 Å². The molecule has 1 fully saturated rings. The molecule has 20 heavy (non-hydrogen) atoms. The molecule has 0 bridgehead atoms. The van der Waals surface area contributed by atoms with Crippen molar-refractivity contribution in [1.29, 1.82) is 0 Å². The van der Waals surface area contributed by atoms with Crippen molar-refractivity contribution in [2.75, 3.05) is 25.1 Å². The number of hydrogen-bond donors (Lipinski definition) is 0. The first kappa shape index (κ1) is 12.9. The van der Waals surface area contributed by atoms with Crippen LogP contribution in [-0.4, -0.2) is 30.2 Å². The molecule has 1 aliphatic heterocycles. The molecule has 4 nitrogen and oxygen atoms in total. The second kappa shape index (κ2) is 5.12. The van der Waals surface area contributed by atoms with E-state index in [-0.39, 0.29) is 0 Å². The lowest BCUT2D eigenvalue weighted by Gasteiger charge is -2.34. The minimum atomic E-state index is 0.881. The number of ether oxygens (including phenoxy) is 1. The summed E-state index contributed by atoms with van der Waals surface area (Å²) in [6, 6.07) is 6.15. The van der Waals surface area contributed by atoms with Crippen molar-refractivity contribution in [3.05, 3.63) is 35.8 Å². The summed E-state index contributed by atoms with van der Waals surface area (Å²) in [5, 5.41) is 0. The van der Waals surface area contributed by atoms with Gasteiger partial charge in [0.1, 0.15) is 17.9 Å². The molecule has 104 valence electrons. The quantitative estimate of drug-likeness (QED) is 0.858. The van der Waals surface area contributed by atoms with Crippen LogP contribution in [0.5, 0.6) is 5.75 Å². The van der Waals surface area contributed by atoms with Crippen molar-refractivity contribution >= 4 is 5.82 Å². The Bertz CT molecular complexity index is 636. The van der Waals surface area contributed by atoms with Gasteiger partial charge in [-0.3, -0.25) is 0 Å². The normalized spacial score (nSPS) is 14.1. The minimum absolute atomic E-state index is 0.881. The Hall–Kier alpha value is -2.10. The second-order valence-corrected chi connectivity index (χ2v) is 5.18. The first-order valence-electron chi connectivity index (χ1n) is 6.92. The highest BCUT2D eigenvalue weighted by Crippen LogP contribution is 2.36. The predicted molar refractivity (Wildman–Crippen MR) is 80.3 cm³/mol. The van der Waals surface area contributed by atoms with Crippen molar-refractivity contribution < 1.29 is 4.74 Å². The Morgan fingerprint density at radius 3 is 2.55 bits per heavy atom. The predicted octanol–water partition coefficient (Wildman–Crippen LogP) is 2.98. The second-order valence-electron chi connectivity index (χ2n) is 5.18. The number of aryl methyl sites for hydroxylation is 2. The third-order valence-corrected chi connectivity index (χ3v) is 3.88. The molecule has 0 saturated carbocycles. The van der Waals surface area contributed by atoms with Crippen LogP contribution in [0, 0.1) is 13.8 Å². The fraction of sp³-hybridized carbons (Fsp3) is 0.375. The third-order valence-electron chi connectivity index (χ3n) is 3.88. The van der Waals surface area contributed by atoms with Crippen LogP contribution >= 0.6 is 0 Å². The number of anilines is 1. The van der Waals surface area contributed by atoms with Crippen molar-refractivity contribution in [3.63, 3.8) is 0 Å². The number of methoxy groups -OCH3 is 1. The number of aromatic nitrogens is 2. The van der Waals surface area contributed by atoms with E-state index >= 15 is 0 Å². The zero-order valence-corrected chi connectivity index (χ0v) is 12.2. The number of benzene rings is 1. The summed E-state index contributed by atoms with van der Waals surface area (Å²) in [4.78, 5) is 11.2. The van der Waals surface area contributed by atoms with E-state index in [0.717, 1.165) is 35.9 Å². The first-order valence-corrected chi connectivity index (χ1v) is 6.92. The van der Waals surface area contributed by atoms with E-state index in [2.05, 4.69) is 33.9 Å². The highest BCUT2D eigenvalue weighted by Gasteiger charge is 2.22. The molecule has 0 unspecified atom stereocenters. The Morgan fingerprint density at radius 2 is 1.95 bits per heavy atom. The van der Waals surface area contributed by atoms with Crippen molar-refractivity contribution in [2.45, 2.75) is 20.3 Å². The van der Waals surface area contributed by atoms with Gasteiger partial charge >= 0.3 is 0 Å². The molecule has 1 aromatic heterocycles. The van der Waals surface area contributed by atoms with Gasteiger partial charge in [0.15, 0.2) is 0 Å². The van der Waals surface area contributed by atoms with Gasteiger partial charge in [0.25, 0.3) is 0 Å². The fourth-order valence-corrected chi connectivity index (χ4v) is 2.59. The summed E-state index contributed by atoms with van der Waals surface area (Å²) in [5.74, 6) is 1.93. The summed E-state index contributed by atoms with van der Waals surface area (Å²) in [6.07, 6.45) is 2.90. The topological polar surface area (TPSA) is 38.3 Å². The third kappa shape index (κ3) is 2.11. The molecular weight excluding hydrogens is 250 g/mol. The number of rotatable bonds is 3. The Balaban J connectivity index is 2.13. The molecule has 1 saturated heterocycles. The first-order chi connectivity index (χ1) is 9.70. The van der Waals surface area contributed by atoms with E-state index in [4.69, 9.17) is 4.74 Å². The van der Waals surface area contributed by atoms with Gasteiger partial charge < -0.3 is 9.64 Å². The van der Waals surface area contributed by atoms with Crippen LogP contribution in [0.15, 0.2) is 24.5 Å². The van der Waals surface area contributed by atoms with Gasteiger partial charge in [-0.25, -0.2) is 9.97 Å². The van der Waals surface area contributed by atoms with Gasteiger partial charge in [-0.1, -0.05) is 6.07 Å². The molecule has 0 amide bonds. The zero-order chi connectivity index (χ0) is 14.1. The standard InChI is InChI=1S/C16H19N3O/c1-11-9-13(20-3)5-6-14(11)15-12(2)17-10-18-16(15)19-7-4-8-19/h5-6,9-10H,4,7-8H2,1-3H3. The van der Waals surface area contributed by atoms with E-state index in [9.17, 15) is 0 Å². The molecule has 1 aromatic carbocycles. The molecule has 0 N–H and O–H groups in total. The Kier molecular flexibility index (Phi) is 3.30. The lowest BCUT2D eigenvalue weighted by atomic mass is 9.98. The van der Waals surface area contributed by atoms with Gasteiger partial charge in [-0.2, -0.15) is 0 Å². The molecule has 2 aromatic rings. The van der Waals surface area contributed by atoms with Crippen molar-refractivity contribution in [3.8, 4) is 16.9 Å². The molecule has 4 heteroatoms. The van der Waals surface area contributed by atoms with Gasteiger partial charge in [0.05, 0.1) is 12.8 Å². The largest absolute Gasteiger partial charge is 0.497 e. The highest BCUT2D eigenvalue weighted by molar-refractivity contribution is 5.80. The van der Waals surface area contributed by atoms with Gasteiger partial charge in [-0.05, 0) is 43.5 Å². The average Bonchev–Trinajstić information content (AvgIpc) is 2.38. The summed E-state index contributed by atoms with van der Waals surface area (Å²) >= 11 is 0. The van der Waals surface area contributed by atoms with Crippen molar-refractivity contribution in [2.24, 2.45) is 0 Å². The smallest absolute Gasteiger partial charge is 0.140 e. The fourth-order valence-electron chi connectivity index (χ4n) is 2.59. The monoisotopic (exact) mass is 269 g/mol.